The summed E-state index contributed by atoms with van der Waals surface area (Å²) < 4.78 is 11.5. The van der Waals surface area contributed by atoms with Gasteiger partial charge in [0.05, 0.1) is 19.1 Å². The monoisotopic (exact) mass is 336 g/mol. The van der Waals surface area contributed by atoms with E-state index in [4.69, 9.17) is 9.47 Å². The molecule has 0 aromatic heterocycles. The lowest BCUT2D eigenvalue weighted by molar-refractivity contribution is 0.0844. The lowest BCUT2D eigenvalue weighted by Crippen LogP contribution is -2.21. The molecular formula is C21H20O4. The van der Waals surface area contributed by atoms with Crippen LogP contribution < -0.4 is 9.47 Å². The Morgan fingerprint density at radius 3 is 2.72 bits per heavy atom. The molecule has 1 atom stereocenters. The number of rotatable bonds is 4. The van der Waals surface area contributed by atoms with Gasteiger partial charge in [0.1, 0.15) is 28.9 Å². The number of aromatic hydroxyl groups is 1. The smallest absolute Gasteiger partial charge is 0.174 e. The van der Waals surface area contributed by atoms with Crippen molar-refractivity contribution in [3.63, 3.8) is 0 Å². The summed E-state index contributed by atoms with van der Waals surface area (Å²) in [6, 6.07) is 11.0. The molecule has 0 aliphatic carbocycles. The van der Waals surface area contributed by atoms with Crippen LogP contribution in [0.3, 0.4) is 0 Å². The lowest BCUT2D eigenvalue weighted by atomic mass is 9.93. The molecule has 128 valence electrons. The number of phenolic OH excluding ortho intramolecular Hbond substituents is 1. The summed E-state index contributed by atoms with van der Waals surface area (Å²) >= 11 is 0. The number of ketones is 1. The molecule has 1 aliphatic rings. The normalized spacial score (nSPS) is 16.4. The van der Waals surface area contributed by atoms with E-state index in [0.717, 1.165) is 11.1 Å². The van der Waals surface area contributed by atoms with Gasteiger partial charge in [0.2, 0.25) is 0 Å². The SMILES string of the molecule is C=C(C)/C=C/c1c(OC)cc(O)c2c1O[C@H](c1ccccc1)CC2=O. The highest BCUT2D eigenvalue weighted by atomic mass is 16.5. The number of fused-ring (bicyclic) bond motifs is 1. The molecule has 4 nitrogen and oxygen atoms in total. The predicted octanol–water partition coefficient (Wildman–Crippen LogP) is 4.70. The highest BCUT2D eigenvalue weighted by Gasteiger charge is 2.33. The van der Waals surface area contributed by atoms with Crippen molar-refractivity contribution in [3.05, 3.63) is 71.3 Å². The average molecular weight is 336 g/mol. The van der Waals surface area contributed by atoms with Gasteiger partial charge in [-0.05, 0) is 18.6 Å². The Hall–Kier alpha value is -3.01. The first-order valence-corrected chi connectivity index (χ1v) is 8.03. The number of hydrogen-bond acceptors (Lipinski definition) is 4. The molecule has 0 fully saturated rings. The van der Waals surface area contributed by atoms with Crippen LogP contribution in [0.4, 0.5) is 0 Å². The molecule has 3 rings (SSSR count). The van der Waals surface area contributed by atoms with Gasteiger partial charge in [-0.1, -0.05) is 48.6 Å². The fourth-order valence-corrected chi connectivity index (χ4v) is 2.89. The zero-order valence-corrected chi connectivity index (χ0v) is 14.3. The van der Waals surface area contributed by atoms with Crippen LogP contribution in [-0.2, 0) is 0 Å². The number of hydrogen-bond donors (Lipinski definition) is 1. The molecule has 0 saturated carbocycles. The van der Waals surface area contributed by atoms with Crippen molar-refractivity contribution in [2.45, 2.75) is 19.4 Å². The molecule has 2 aromatic carbocycles. The van der Waals surface area contributed by atoms with E-state index in [9.17, 15) is 9.90 Å². The first kappa shape index (κ1) is 16.8. The van der Waals surface area contributed by atoms with E-state index in [1.54, 1.807) is 6.08 Å². The van der Waals surface area contributed by atoms with E-state index >= 15 is 0 Å². The van der Waals surface area contributed by atoms with Gasteiger partial charge in [-0.2, -0.15) is 0 Å². The topological polar surface area (TPSA) is 55.8 Å². The molecule has 2 aromatic rings. The Morgan fingerprint density at radius 2 is 2.08 bits per heavy atom. The van der Waals surface area contributed by atoms with Gasteiger partial charge in [0, 0.05) is 6.07 Å². The third kappa shape index (κ3) is 3.29. The summed E-state index contributed by atoms with van der Waals surface area (Å²) in [5.74, 6) is 0.505. The molecule has 0 saturated heterocycles. The van der Waals surface area contributed by atoms with Crippen LogP contribution in [-0.4, -0.2) is 18.0 Å². The number of allylic oxidation sites excluding steroid dienone is 2. The second kappa shape index (κ2) is 6.85. The van der Waals surface area contributed by atoms with Crippen LogP contribution in [0, 0.1) is 0 Å². The van der Waals surface area contributed by atoms with Crippen molar-refractivity contribution >= 4 is 11.9 Å². The minimum atomic E-state index is -0.398. The van der Waals surface area contributed by atoms with Crippen molar-refractivity contribution in [2.75, 3.05) is 7.11 Å². The number of ether oxygens (including phenoxy) is 2. The Morgan fingerprint density at radius 1 is 1.36 bits per heavy atom. The Balaban J connectivity index is 2.15. The Labute approximate surface area is 147 Å². The molecule has 0 bridgehead atoms. The zero-order valence-electron chi connectivity index (χ0n) is 14.3. The van der Waals surface area contributed by atoms with E-state index in [0.29, 0.717) is 17.1 Å². The number of Topliss-reactive ketones (excluding diaryl/α,β-unsaturated/α-hetero) is 1. The van der Waals surface area contributed by atoms with E-state index in [1.165, 1.54) is 13.2 Å². The fraction of sp³-hybridized carbons (Fsp3) is 0.190. The van der Waals surface area contributed by atoms with Crippen molar-refractivity contribution in [1.82, 2.24) is 0 Å². The van der Waals surface area contributed by atoms with Gasteiger partial charge < -0.3 is 14.6 Å². The van der Waals surface area contributed by atoms with Crippen molar-refractivity contribution in [3.8, 4) is 17.2 Å². The standard InChI is InChI=1S/C21H20O4/c1-13(2)9-10-15-19(24-3)12-17(23)20-16(22)11-18(25-21(15)20)14-7-5-4-6-8-14/h4-10,12,18,23H,1,11H2,2-3H3/b10-9+/t18-/m0/s1. The molecule has 1 N–H and O–H groups in total. The molecule has 1 heterocycles. The fourth-order valence-electron chi connectivity index (χ4n) is 2.89. The molecule has 4 heteroatoms. The second-order valence-electron chi connectivity index (χ2n) is 6.04. The molecular weight excluding hydrogens is 316 g/mol. The van der Waals surface area contributed by atoms with Crippen molar-refractivity contribution in [1.29, 1.82) is 0 Å². The number of phenols is 1. The van der Waals surface area contributed by atoms with Crippen molar-refractivity contribution < 1.29 is 19.4 Å². The quantitative estimate of drug-likeness (QED) is 0.823. The maximum Gasteiger partial charge on any atom is 0.174 e. The average Bonchev–Trinajstić information content (AvgIpc) is 2.60. The van der Waals surface area contributed by atoms with Crippen LogP contribution in [0.25, 0.3) is 6.08 Å². The Bertz CT molecular complexity index is 850. The van der Waals surface area contributed by atoms with Crippen LogP contribution in [0.15, 0.2) is 54.6 Å². The van der Waals surface area contributed by atoms with Gasteiger partial charge in [-0.15, -0.1) is 0 Å². The maximum absolute atomic E-state index is 12.7. The number of carbonyl (C=O) groups is 1. The summed E-state index contributed by atoms with van der Waals surface area (Å²) in [4.78, 5) is 12.7. The minimum Gasteiger partial charge on any atom is -0.507 e. The molecule has 0 radical (unpaired) electrons. The molecule has 1 aliphatic heterocycles. The summed E-state index contributed by atoms with van der Waals surface area (Å²) in [5.41, 5.74) is 2.59. The van der Waals surface area contributed by atoms with Crippen molar-refractivity contribution in [2.24, 2.45) is 0 Å². The van der Waals surface area contributed by atoms with E-state index in [-0.39, 0.29) is 23.5 Å². The first-order chi connectivity index (χ1) is 12.0. The van der Waals surface area contributed by atoms with E-state index in [1.807, 2.05) is 43.3 Å². The molecule has 0 amide bonds. The maximum atomic E-state index is 12.7. The van der Waals surface area contributed by atoms with Gasteiger partial charge in [0.25, 0.3) is 0 Å². The number of carbonyl (C=O) groups excluding carboxylic acids is 1. The Kier molecular flexibility index (Phi) is 4.61. The second-order valence-corrected chi connectivity index (χ2v) is 6.04. The lowest BCUT2D eigenvalue weighted by Gasteiger charge is -2.28. The van der Waals surface area contributed by atoms with Crippen LogP contribution in [0.1, 0.15) is 40.9 Å². The van der Waals surface area contributed by atoms with Gasteiger partial charge >= 0.3 is 0 Å². The summed E-state index contributed by atoms with van der Waals surface area (Å²) in [5, 5.41) is 10.3. The minimum absolute atomic E-state index is 0.129. The van der Waals surface area contributed by atoms with Gasteiger partial charge in [-0.25, -0.2) is 0 Å². The largest absolute Gasteiger partial charge is 0.507 e. The molecule has 0 unspecified atom stereocenters. The van der Waals surface area contributed by atoms with E-state index in [2.05, 4.69) is 6.58 Å². The summed E-state index contributed by atoms with van der Waals surface area (Å²) in [6.07, 6.45) is 3.39. The van der Waals surface area contributed by atoms with E-state index < -0.39 is 6.10 Å². The zero-order chi connectivity index (χ0) is 18.0. The first-order valence-electron chi connectivity index (χ1n) is 8.03. The number of benzene rings is 2. The molecule has 0 spiro atoms. The highest BCUT2D eigenvalue weighted by molar-refractivity contribution is 6.04. The third-order valence-corrected chi connectivity index (χ3v) is 4.10. The van der Waals surface area contributed by atoms with Crippen LogP contribution in [0.5, 0.6) is 17.2 Å². The van der Waals surface area contributed by atoms with Crippen LogP contribution >= 0.6 is 0 Å². The van der Waals surface area contributed by atoms with Crippen LogP contribution in [0.2, 0.25) is 0 Å². The summed E-state index contributed by atoms with van der Waals surface area (Å²) in [7, 11) is 1.51. The van der Waals surface area contributed by atoms with Gasteiger partial charge in [0.15, 0.2) is 5.78 Å². The highest BCUT2D eigenvalue weighted by Crippen LogP contribution is 2.46. The predicted molar refractivity (Wildman–Crippen MR) is 97.3 cm³/mol. The summed E-state index contributed by atoms with van der Waals surface area (Å²) in [6.45, 7) is 5.72. The number of methoxy groups -OCH3 is 1. The molecule has 25 heavy (non-hydrogen) atoms. The third-order valence-electron chi connectivity index (χ3n) is 4.10. The van der Waals surface area contributed by atoms with Gasteiger partial charge in [-0.3, -0.25) is 4.79 Å².